The minimum absolute atomic E-state index is 1.05. The summed E-state index contributed by atoms with van der Waals surface area (Å²) in [5.41, 5.74) is 30.7. The second-order valence-electron chi connectivity index (χ2n) is 27.3. The van der Waals surface area contributed by atoms with Crippen LogP contribution in [0.3, 0.4) is 0 Å². The highest BCUT2D eigenvalue weighted by Gasteiger charge is 2.21. The van der Waals surface area contributed by atoms with E-state index >= 15 is 0 Å². The molecule has 0 saturated heterocycles. The van der Waals surface area contributed by atoms with Crippen LogP contribution in [0.2, 0.25) is 0 Å². The van der Waals surface area contributed by atoms with E-state index in [4.69, 9.17) is 0 Å². The minimum Gasteiger partial charge on any atom is -0.311 e. The zero-order valence-electron chi connectivity index (χ0n) is 58.7. The van der Waals surface area contributed by atoms with Gasteiger partial charge in [0, 0.05) is 84.1 Å². The molecule has 17 aromatic carbocycles. The smallest absolute Gasteiger partial charge is 0.0541 e. The molecule has 19 aromatic rings. The Hall–Kier alpha value is -14.3. The number of aromatic nitrogens is 2. The zero-order valence-corrected chi connectivity index (χ0v) is 58.7. The lowest BCUT2D eigenvalue weighted by Gasteiger charge is -2.28. The second kappa shape index (κ2) is 27.8. The highest BCUT2D eigenvalue weighted by molar-refractivity contribution is 6.12. The Morgan fingerprint density at radius 1 is 0.131 bits per heavy atom. The zero-order chi connectivity index (χ0) is 71.0. The molecule has 5 heteroatoms. The van der Waals surface area contributed by atoms with Crippen molar-refractivity contribution in [2.24, 2.45) is 0 Å². The summed E-state index contributed by atoms with van der Waals surface area (Å²) in [6, 6.07) is 156. The van der Waals surface area contributed by atoms with Gasteiger partial charge in [-0.1, -0.05) is 255 Å². The summed E-state index contributed by atoms with van der Waals surface area (Å²) in [6.45, 7) is 0. The molecule has 0 spiro atoms. The third-order valence-corrected chi connectivity index (χ3v) is 20.9. The van der Waals surface area contributed by atoms with E-state index in [2.05, 4.69) is 455 Å². The monoisotopic (exact) mass is 1370 g/mol. The molecular weight excluding hydrogens is 1300 g/mol. The quantitative estimate of drug-likeness (QED) is 0.0906. The number of hydrogen-bond donors (Lipinski definition) is 0. The van der Waals surface area contributed by atoms with Gasteiger partial charge in [0.1, 0.15) is 0 Å². The molecule has 0 aliphatic carbocycles. The Kier molecular flexibility index (Phi) is 16.6. The SMILES string of the molecule is c1ccc(-c2ccc(N(c3ccc(-c4cccc(-c5ccc(-c6ccc(N(c7ccc(-c8ccc9c(c8)c8ccccc8n9-c8ccccc8)cc7)c7ccc(N(c8ccccc8)c8ccccc8)cc7)cc6)cc5)c4)cc3)c3ccc(-c4ccc5c(c4)c4ccccc4n5-c4ccccc4)cc3)cc2)cc1. The van der Waals surface area contributed by atoms with Crippen molar-refractivity contribution in [2.75, 3.05) is 14.7 Å². The van der Waals surface area contributed by atoms with Crippen LogP contribution < -0.4 is 14.7 Å². The van der Waals surface area contributed by atoms with Gasteiger partial charge in [0.2, 0.25) is 0 Å². The fourth-order valence-electron chi connectivity index (χ4n) is 15.6. The maximum atomic E-state index is 2.37. The molecule has 0 amide bonds. The second-order valence-corrected chi connectivity index (χ2v) is 27.3. The Bertz CT molecular complexity index is 6300. The lowest BCUT2D eigenvalue weighted by molar-refractivity contribution is 1.18. The number of hydrogen-bond acceptors (Lipinski definition) is 3. The first kappa shape index (κ1) is 63.6. The predicted octanol–water partition coefficient (Wildman–Crippen LogP) is 28.3. The van der Waals surface area contributed by atoms with Gasteiger partial charge in [0.15, 0.2) is 0 Å². The van der Waals surface area contributed by atoms with Gasteiger partial charge in [0.05, 0.1) is 22.1 Å². The summed E-state index contributed by atoms with van der Waals surface area (Å²) >= 11 is 0. The van der Waals surface area contributed by atoms with Crippen LogP contribution in [0, 0.1) is 0 Å². The number of fused-ring (bicyclic) bond motifs is 6. The van der Waals surface area contributed by atoms with Crippen molar-refractivity contribution < 1.29 is 0 Å². The van der Waals surface area contributed by atoms with E-state index in [9.17, 15) is 0 Å². The highest BCUT2D eigenvalue weighted by Crippen LogP contribution is 2.44. The van der Waals surface area contributed by atoms with Crippen LogP contribution in [-0.2, 0) is 0 Å². The number of anilines is 9. The van der Waals surface area contributed by atoms with Crippen molar-refractivity contribution in [3.63, 3.8) is 0 Å². The number of rotatable bonds is 17. The van der Waals surface area contributed by atoms with Crippen LogP contribution in [0.25, 0.3) is 122 Å². The molecule has 2 aromatic heterocycles. The first-order chi connectivity index (χ1) is 53.0. The van der Waals surface area contributed by atoms with Crippen molar-refractivity contribution in [3.05, 3.63) is 431 Å². The van der Waals surface area contributed by atoms with Crippen LogP contribution in [0.4, 0.5) is 51.2 Å². The van der Waals surface area contributed by atoms with E-state index in [1.165, 1.54) is 65.9 Å². The molecule has 107 heavy (non-hydrogen) atoms. The highest BCUT2D eigenvalue weighted by atomic mass is 15.2. The average molecular weight is 1370 g/mol. The third-order valence-electron chi connectivity index (χ3n) is 20.9. The summed E-state index contributed by atoms with van der Waals surface area (Å²) in [6.07, 6.45) is 0. The summed E-state index contributed by atoms with van der Waals surface area (Å²) in [5.74, 6) is 0. The van der Waals surface area contributed by atoms with Gasteiger partial charge in [-0.25, -0.2) is 0 Å². The molecule has 0 aliphatic rings. The molecule has 0 bridgehead atoms. The first-order valence-electron chi connectivity index (χ1n) is 36.6. The van der Waals surface area contributed by atoms with Gasteiger partial charge >= 0.3 is 0 Å². The van der Waals surface area contributed by atoms with Gasteiger partial charge in [0.25, 0.3) is 0 Å². The topological polar surface area (TPSA) is 19.6 Å². The normalized spacial score (nSPS) is 11.4. The van der Waals surface area contributed by atoms with E-state index in [0.29, 0.717) is 0 Å². The lowest BCUT2D eigenvalue weighted by atomic mass is 9.97. The van der Waals surface area contributed by atoms with Crippen molar-refractivity contribution in [3.8, 4) is 78.1 Å². The fraction of sp³-hybridized carbons (Fsp3) is 0. The molecule has 504 valence electrons. The van der Waals surface area contributed by atoms with Gasteiger partial charge in [-0.05, 0) is 243 Å². The van der Waals surface area contributed by atoms with Gasteiger partial charge < -0.3 is 23.8 Å². The molecule has 0 N–H and O–H groups in total. The molecule has 0 atom stereocenters. The van der Waals surface area contributed by atoms with Crippen molar-refractivity contribution in [1.29, 1.82) is 0 Å². The molecule has 2 heterocycles. The largest absolute Gasteiger partial charge is 0.311 e. The van der Waals surface area contributed by atoms with E-state index in [1.54, 1.807) is 0 Å². The number of nitrogens with zero attached hydrogens (tertiary/aromatic N) is 5. The molecule has 0 radical (unpaired) electrons. The molecule has 0 saturated carbocycles. The van der Waals surface area contributed by atoms with Crippen LogP contribution in [-0.4, -0.2) is 9.13 Å². The molecule has 0 unspecified atom stereocenters. The van der Waals surface area contributed by atoms with E-state index < -0.39 is 0 Å². The van der Waals surface area contributed by atoms with Gasteiger partial charge in [-0.3, -0.25) is 0 Å². The van der Waals surface area contributed by atoms with E-state index in [0.717, 1.165) is 107 Å². The Morgan fingerprint density at radius 2 is 0.336 bits per heavy atom. The van der Waals surface area contributed by atoms with Crippen molar-refractivity contribution in [2.45, 2.75) is 0 Å². The van der Waals surface area contributed by atoms with Crippen LogP contribution in [0.5, 0.6) is 0 Å². The van der Waals surface area contributed by atoms with Gasteiger partial charge in [-0.15, -0.1) is 0 Å². The standard InChI is InChI=1S/C102H71N5/c1-6-21-72(22-7-1)74-41-53-88(54-42-74)104(91-59-47-78(48-60-91)82-51-67-101-97(70-82)95-33-16-18-35-99(95)106(101)86-29-12-4-13-30-86)90-57-45-77(46-58-90)81-24-20-23-80(69-81)76-39-37-73(38-40-76)75-43-55-89(56-44-75)105(94-65-63-93(64-66-94)103(84-25-8-2-9-26-84)85-27-10-3-11-28-85)92-61-49-79(50-62-92)83-52-68-102-98(71-83)96-34-17-19-36-100(96)107(102)87-31-14-5-15-32-87/h1-71H. The maximum absolute atomic E-state index is 2.37. The Balaban J connectivity index is 0.601. The summed E-state index contributed by atoms with van der Waals surface area (Å²) < 4.78 is 4.74. The molecular formula is C102H71N5. The van der Waals surface area contributed by atoms with Gasteiger partial charge in [-0.2, -0.15) is 0 Å². The number of para-hydroxylation sites is 6. The molecule has 0 aliphatic heterocycles. The summed E-state index contributed by atoms with van der Waals surface area (Å²) in [4.78, 5) is 7.03. The Morgan fingerprint density at radius 3 is 0.664 bits per heavy atom. The van der Waals surface area contributed by atoms with Crippen LogP contribution >= 0.6 is 0 Å². The fourth-order valence-corrected chi connectivity index (χ4v) is 15.6. The van der Waals surface area contributed by atoms with Crippen LogP contribution in [0.15, 0.2) is 431 Å². The van der Waals surface area contributed by atoms with Crippen molar-refractivity contribution in [1.82, 2.24) is 9.13 Å². The minimum atomic E-state index is 1.05. The first-order valence-corrected chi connectivity index (χ1v) is 36.6. The third kappa shape index (κ3) is 12.2. The molecule has 0 fully saturated rings. The average Bonchev–Trinajstić information content (AvgIpc) is 1.64. The molecule has 5 nitrogen and oxygen atoms in total. The summed E-state index contributed by atoms with van der Waals surface area (Å²) in [5, 5.41) is 4.95. The van der Waals surface area contributed by atoms with E-state index in [-0.39, 0.29) is 0 Å². The predicted molar refractivity (Wildman–Crippen MR) is 452 cm³/mol. The lowest BCUT2D eigenvalue weighted by Crippen LogP contribution is -2.12. The summed E-state index contributed by atoms with van der Waals surface area (Å²) in [7, 11) is 0. The number of benzene rings is 17. The molecule has 19 rings (SSSR count). The van der Waals surface area contributed by atoms with Crippen molar-refractivity contribution >= 4 is 94.8 Å². The van der Waals surface area contributed by atoms with E-state index in [1.807, 2.05) is 0 Å². The van der Waals surface area contributed by atoms with Crippen LogP contribution in [0.1, 0.15) is 0 Å². The Labute approximate surface area is 623 Å². The maximum Gasteiger partial charge on any atom is 0.0541 e.